The molecule has 3 aromatic rings. The number of piperazine rings is 1. The fraction of sp³-hybridized carbons (Fsp3) is 0.250. The Labute approximate surface area is 156 Å². The van der Waals surface area contributed by atoms with E-state index in [4.69, 9.17) is 4.42 Å². The minimum Gasteiger partial charge on any atom is -0.454 e. The van der Waals surface area contributed by atoms with Crippen molar-refractivity contribution in [1.82, 2.24) is 20.0 Å². The molecule has 0 bridgehead atoms. The van der Waals surface area contributed by atoms with Crippen LogP contribution >= 0.6 is 0 Å². The summed E-state index contributed by atoms with van der Waals surface area (Å²) in [7, 11) is 0. The fourth-order valence-corrected chi connectivity index (χ4v) is 3.27. The maximum absolute atomic E-state index is 13.0. The molecule has 2 aromatic heterocycles. The Balaban J connectivity index is 1.52. The topological polar surface area (TPSA) is 80.4 Å². The van der Waals surface area contributed by atoms with Crippen molar-refractivity contribution in [3.8, 4) is 0 Å². The zero-order valence-corrected chi connectivity index (χ0v) is 14.7. The van der Waals surface area contributed by atoms with Crippen LogP contribution in [0.4, 0.5) is 0 Å². The van der Waals surface area contributed by atoms with E-state index in [1.807, 2.05) is 42.6 Å². The number of amides is 2. The summed E-state index contributed by atoms with van der Waals surface area (Å²) < 4.78 is 7.44. The first-order valence-corrected chi connectivity index (χ1v) is 8.89. The van der Waals surface area contributed by atoms with Gasteiger partial charge in [-0.05, 0) is 23.8 Å². The van der Waals surface area contributed by atoms with Gasteiger partial charge in [-0.15, -0.1) is 0 Å². The van der Waals surface area contributed by atoms with E-state index in [-0.39, 0.29) is 17.6 Å². The van der Waals surface area contributed by atoms with E-state index >= 15 is 0 Å². The molecule has 1 aliphatic heterocycles. The molecule has 0 radical (unpaired) electrons. The highest BCUT2D eigenvalue weighted by Crippen LogP contribution is 2.18. The number of nitrogens with zero attached hydrogens (tertiary/aromatic N) is 3. The molecule has 1 aromatic carbocycles. The Bertz CT molecular complexity index is 918. The molecule has 1 N–H and O–H groups in total. The number of hydrogen-bond acceptors (Lipinski definition) is 4. The second-order valence-corrected chi connectivity index (χ2v) is 6.46. The smallest absolute Gasteiger partial charge is 0.290 e. The second kappa shape index (κ2) is 7.49. The molecule has 3 heterocycles. The highest BCUT2D eigenvalue weighted by atomic mass is 16.4. The lowest BCUT2D eigenvalue weighted by Gasteiger charge is -2.34. The number of hydrogen-bond donors (Lipinski definition) is 1. The third-order valence-electron chi connectivity index (χ3n) is 4.61. The van der Waals surface area contributed by atoms with Gasteiger partial charge in [0.15, 0.2) is 5.76 Å². The Morgan fingerprint density at radius 1 is 1.19 bits per heavy atom. The van der Waals surface area contributed by atoms with Crippen LogP contribution in [0.3, 0.4) is 0 Å². The third kappa shape index (κ3) is 3.76. The molecule has 0 saturated carbocycles. The molecule has 7 nitrogen and oxygen atoms in total. The quantitative estimate of drug-likeness (QED) is 0.747. The summed E-state index contributed by atoms with van der Waals surface area (Å²) in [4.78, 5) is 27.0. The van der Waals surface area contributed by atoms with Crippen LogP contribution < -0.4 is 5.32 Å². The summed E-state index contributed by atoms with van der Waals surface area (Å²) >= 11 is 0. The summed E-state index contributed by atoms with van der Waals surface area (Å²) in [5.74, 6) is 0.479. The Hall–Kier alpha value is -3.35. The van der Waals surface area contributed by atoms with Crippen molar-refractivity contribution in [3.63, 3.8) is 0 Å². The van der Waals surface area contributed by atoms with Gasteiger partial charge < -0.3 is 14.6 Å². The van der Waals surface area contributed by atoms with Gasteiger partial charge in [0.2, 0.25) is 5.91 Å². The fourth-order valence-electron chi connectivity index (χ4n) is 3.27. The monoisotopic (exact) mass is 364 g/mol. The van der Waals surface area contributed by atoms with Crippen LogP contribution in [0.1, 0.15) is 21.9 Å². The Kier molecular flexibility index (Phi) is 4.74. The van der Waals surface area contributed by atoms with Crippen molar-refractivity contribution >= 4 is 11.8 Å². The van der Waals surface area contributed by atoms with E-state index in [0.29, 0.717) is 31.8 Å². The average Bonchev–Trinajstić information content (AvgIpc) is 3.36. The normalized spacial score (nSPS) is 17.0. The van der Waals surface area contributed by atoms with Gasteiger partial charge in [0.05, 0.1) is 6.54 Å². The third-order valence-corrected chi connectivity index (χ3v) is 4.61. The van der Waals surface area contributed by atoms with Gasteiger partial charge in [0.25, 0.3) is 5.91 Å². The van der Waals surface area contributed by atoms with Crippen LogP contribution in [-0.2, 0) is 17.8 Å². The molecule has 7 heteroatoms. The number of furan rings is 1. The number of aromatic nitrogens is 2. The largest absolute Gasteiger partial charge is 0.454 e. The molecule has 0 unspecified atom stereocenters. The molecule has 138 valence electrons. The zero-order chi connectivity index (χ0) is 18.6. The summed E-state index contributed by atoms with van der Waals surface area (Å²) in [5, 5.41) is 6.98. The van der Waals surface area contributed by atoms with Crippen LogP contribution in [0.5, 0.6) is 0 Å². The number of rotatable bonds is 5. The molecular formula is C20H20N4O3. The van der Waals surface area contributed by atoms with Gasteiger partial charge in [-0.3, -0.25) is 14.3 Å². The first kappa shape index (κ1) is 17.1. The first-order chi connectivity index (χ1) is 13.2. The van der Waals surface area contributed by atoms with Crippen LogP contribution in [-0.4, -0.2) is 45.6 Å². The summed E-state index contributed by atoms with van der Waals surface area (Å²) in [5.41, 5.74) is 1.01. The molecule has 2 amide bonds. The molecule has 0 aliphatic carbocycles. The van der Waals surface area contributed by atoms with Crippen molar-refractivity contribution in [2.24, 2.45) is 0 Å². The van der Waals surface area contributed by atoms with Crippen LogP contribution in [0.2, 0.25) is 0 Å². The second-order valence-electron chi connectivity index (χ2n) is 6.46. The van der Waals surface area contributed by atoms with Crippen molar-refractivity contribution in [1.29, 1.82) is 0 Å². The minimum absolute atomic E-state index is 0.137. The van der Waals surface area contributed by atoms with Gasteiger partial charge in [-0.1, -0.05) is 30.3 Å². The van der Waals surface area contributed by atoms with E-state index in [0.717, 1.165) is 5.56 Å². The maximum atomic E-state index is 13.0. The molecule has 4 rings (SSSR count). The summed E-state index contributed by atoms with van der Waals surface area (Å²) in [6.07, 6.45) is 3.99. The summed E-state index contributed by atoms with van der Waals surface area (Å²) in [6, 6.07) is 14.4. The lowest BCUT2D eigenvalue weighted by molar-refractivity contribution is -0.127. The highest BCUT2D eigenvalue weighted by Gasteiger charge is 2.34. The van der Waals surface area contributed by atoms with Crippen LogP contribution in [0.25, 0.3) is 0 Å². The predicted octanol–water partition coefficient (Wildman–Crippen LogP) is 1.71. The van der Waals surface area contributed by atoms with Crippen LogP contribution in [0, 0.1) is 0 Å². The maximum Gasteiger partial charge on any atom is 0.290 e. The van der Waals surface area contributed by atoms with Gasteiger partial charge in [0, 0.05) is 31.9 Å². The van der Waals surface area contributed by atoms with Gasteiger partial charge in [-0.25, -0.2) is 0 Å². The van der Waals surface area contributed by atoms with E-state index in [1.165, 1.54) is 0 Å². The van der Waals surface area contributed by atoms with E-state index in [2.05, 4.69) is 10.4 Å². The molecule has 1 aliphatic rings. The minimum atomic E-state index is -0.548. The van der Waals surface area contributed by atoms with Crippen molar-refractivity contribution in [2.45, 2.75) is 19.0 Å². The SMILES string of the molecule is O=C1NCCN(C(=O)c2ccc(Cn3cccn3)o2)[C@@H]1Cc1ccccc1. The first-order valence-electron chi connectivity index (χ1n) is 8.89. The Morgan fingerprint density at radius 3 is 2.81 bits per heavy atom. The number of nitrogens with one attached hydrogen (secondary N) is 1. The predicted molar refractivity (Wildman–Crippen MR) is 98.0 cm³/mol. The molecule has 27 heavy (non-hydrogen) atoms. The van der Waals surface area contributed by atoms with Crippen molar-refractivity contribution < 1.29 is 14.0 Å². The lowest BCUT2D eigenvalue weighted by Crippen LogP contribution is -2.58. The van der Waals surface area contributed by atoms with Gasteiger partial charge in [0.1, 0.15) is 11.8 Å². The summed E-state index contributed by atoms with van der Waals surface area (Å²) in [6.45, 7) is 1.35. The van der Waals surface area contributed by atoms with Gasteiger partial charge in [-0.2, -0.15) is 5.10 Å². The number of carbonyl (C=O) groups excluding carboxylic acids is 2. The standard InChI is InChI=1S/C20H20N4O3/c25-19-17(13-15-5-2-1-3-6-15)24(12-10-21-19)20(26)18-8-7-16(27-18)14-23-11-4-9-22-23/h1-9,11,17H,10,12-14H2,(H,21,25)/t17-/m1/s1. The highest BCUT2D eigenvalue weighted by molar-refractivity contribution is 5.96. The molecule has 1 atom stereocenters. The van der Waals surface area contributed by atoms with E-state index in [9.17, 15) is 9.59 Å². The van der Waals surface area contributed by atoms with Crippen molar-refractivity contribution in [2.75, 3.05) is 13.1 Å². The zero-order valence-electron chi connectivity index (χ0n) is 14.7. The lowest BCUT2D eigenvalue weighted by atomic mass is 10.0. The molecule has 1 fully saturated rings. The molecular weight excluding hydrogens is 344 g/mol. The average molecular weight is 364 g/mol. The van der Waals surface area contributed by atoms with E-state index < -0.39 is 6.04 Å². The number of benzene rings is 1. The van der Waals surface area contributed by atoms with Crippen molar-refractivity contribution in [3.05, 3.63) is 78.0 Å². The molecule has 0 spiro atoms. The van der Waals surface area contributed by atoms with Crippen LogP contribution in [0.15, 0.2) is 65.3 Å². The molecule has 1 saturated heterocycles. The van der Waals surface area contributed by atoms with E-state index in [1.54, 1.807) is 27.9 Å². The van der Waals surface area contributed by atoms with Gasteiger partial charge >= 0.3 is 0 Å². The number of carbonyl (C=O) groups is 2. The Morgan fingerprint density at radius 2 is 2.04 bits per heavy atom.